The van der Waals surface area contributed by atoms with Crippen LogP contribution in [-0.2, 0) is 4.79 Å². The quantitative estimate of drug-likeness (QED) is 0.314. The molecular weight excluding hydrogens is 220 g/mol. The van der Waals surface area contributed by atoms with Crippen LogP contribution in [0.1, 0.15) is 20.3 Å². The van der Waals surface area contributed by atoms with Crippen molar-refractivity contribution < 1.29 is 10.0 Å². The van der Waals surface area contributed by atoms with Gasteiger partial charge in [0, 0.05) is 25.7 Å². The van der Waals surface area contributed by atoms with Crippen LogP contribution in [0.15, 0.2) is 5.16 Å². The Bertz CT molecular complexity index is 306. The summed E-state index contributed by atoms with van der Waals surface area (Å²) in [5.74, 6) is -0.644. The Kier molecular flexibility index (Phi) is 4.74. The molecule has 0 spiro atoms. The molecule has 3 N–H and O–H groups in total. The second-order valence-corrected chi connectivity index (χ2v) is 4.57. The van der Waals surface area contributed by atoms with Crippen molar-refractivity contribution >= 4 is 11.7 Å². The van der Waals surface area contributed by atoms with Crippen LogP contribution in [-0.4, -0.2) is 59.5 Å². The minimum Gasteiger partial charge on any atom is -0.409 e. The summed E-state index contributed by atoms with van der Waals surface area (Å²) in [7, 11) is 2.07. The Morgan fingerprint density at radius 3 is 2.76 bits per heavy atom. The summed E-state index contributed by atoms with van der Waals surface area (Å²) in [6.07, 6.45) is 1.01. The SMILES string of the molecule is CCC1CN(C(=O)C(C)/C(N)=N/O)CCN1C. The summed E-state index contributed by atoms with van der Waals surface area (Å²) in [5, 5.41) is 11.5. The van der Waals surface area contributed by atoms with Crippen molar-refractivity contribution in [2.24, 2.45) is 16.8 Å². The van der Waals surface area contributed by atoms with Gasteiger partial charge in [0.25, 0.3) is 0 Å². The fourth-order valence-corrected chi connectivity index (χ4v) is 2.07. The molecule has 2 atom stereocenters. The van der Waals surface area contributed by atoms with Gasteiger partial charge in [0.2, 0.25) is 5.91 Å². The molecule has 1 amide bonds. The number of carbonyl (C=O) groups excluding carboxylic acids is 1. The monoisotopic (exact) mass is 242 g/mol. The van der Waals surface area contributed by atoms with E-state index in [1.54, 1.807) is 11.8 Å². The predicted octanol–water partition coefficient (Wildman–Crippen LogP) is -0.0785. The van der Waals surface area contributed by atoms with Crippen LogP contribution in [0.3, 0.4) is 0 Å². The molecule has 0 aromatic rings. The van der Waals surface area contributed by atoms with Crippen molar-refractivity contribution in [1.29, 1.82) is 0 Å². The summed E-state index contributed by atoms with van der Waals surface area (Å²) in [6, 6.07) is 0.396. The maximum absolute atomic E-state index is 12.1. The lowest BCUT2D eigenvalue weighted by Gasteiger charge is -2.39. The van der Waals surface area contributed by atoms with E-state index in [2.05, 4.69) is 24.0 Å². The zero-order valence-electron chi connectivity index (χ0n) is 10.8. The van der Waals surface area contributed by atoms with Crippen LogP contribution in [0.25, 0.3) is 0 Å². The predicted molar refractivity (Wildman–Crippen MR) is 65.9 cm³/mol. The third kappa shape index (κ3) is 3.09. The van der Waals surface area contributed by atoms with Gasteiger partial charge in [0.15, 0.2) is 5.84 Å². The molecule has 1 heterocycles. The number of piperazine rings is 1. The average Bonchev–Trinajstić information content (AvgIpc) is 2.36. The van der Waals surface area contributed by atoms with Crippen LogP contribution in [0, 0.1) is 5.92 Å². The molecule has 0 bridgehead atoms. The van der Waals surface area contributed by atoms with Crippen molar-refractivity contribution in [3.8, 4) is 0 Å². The van der Waals surface area contributed by atoms with Gasteiger partial charge in [0.1, 0.15) is 0 Å². The molecule has 17 heavy (non-hydrogen) atoms. The number of nitrogens with two attached hydrogens (primary N) is 1. The molecule has 6 heteroatoms. The zero-order chi connectivity index (χ0) is 13.0. The minimum atomic E-state index is -0.555. The Morgan fingerprint density at radius 1 is 1.59 bits per heavy atom. The first-order valence-electron chi connectivity index (χ1n) is 5.97. The molecular formula is C11H22N4O2. The number of hydrogen-bond acceptors (Lipinski definition) is 4. The van der Waals surface area contributed by atoms with Crippen LogP contribution in [0.5, 0.6) is 0 Å². The van der Waals surface area contributed by atoms with Gasteiger partial charge < -0.3 is 15.8 Å². The Morgan fingerprint density at radius 2 is 2.24 bits per heavy atom. The molecule has 0 radical (unpaired) electrons. The van der Waals surface area contributed by atoms with Crippen LogP contribution in [0.2, 0.25) is 0 Å². The Balaban J connectivity index is 2.65. The fourth-order valence-electron chi connectivity index (χ4n) is 2.07. The third-order valence-electron chi connectivity index (χ3n) is 3.49. The van der Waals surface area contributed by atoms with E-state index >= 15 is 0 Å². The number of rotatable bonds is 3. The van der Waals surface area contributed by atoms with Gasteiger partial charge in [-0.2, -0.15) is 0 Å². The summed E-state index contributed by atoms with van der Waals surface area (Å²) in [4.78, 5) is 16.2. The molecule has 1 saturated heterocycles. The van der Waals surface area contributed by atoms with Crippen molar-refractivity contribution in [2.75, 3.05) is 26.7 Å². The van der Waals surface area contributed by atoms with Gasteiger partial charge in [-0.25, -0.2) is 0 Å². The standard InChI is InChI=1S/C11H22N4O2/c1-4-9-7-15(6-5-14(9)3)11(16)8(2)10(12)13-17/h8-9,17H,4-7H2,1-3H3,(H2,12,13). The molecule has 2 unspecified atom stereocenters. The number of amides is 1. The van der Waals surface area contributed by atoms with E-state index in [1.807, 2.05) is 0 Å². The van der Waals surface area contributed by atoms with E-state index in [-0.39, 0.29) is 11.7 Å². The smallest absolute Gasteiger partial charge is 0.233 e. The van der Waals surface area contributed by atoms with Gasteiger partial charge in [-0.1, -0.05) is 12.1 Å². The van der Waals surface area contributed by atoms with Gasteiger partial charge >= 0.3 is 0 Å². The lowest BCUT2D eigenvalue weighted by Crippen LogP contribution is -2.55. The first kappa shape index (κ1) is 13.8. The van der Waals surface area contributed by atoms with Gasteiger partial charge in [-0.15, -0.1) is 0 Å². The average molecular weight is 242 g/mol. The van der Waals surface area contributed by atoms with Crippen LogP contribution >= 0.6 is 0 Å². The minimum absolute atomic E-state index is 0.0259. The van der Waals surface area contributed by atoms with Crippen molar-refractivity contribution in [1.82, 2.24) is 9.80 Å². The molecule has 98 valence electrons. The molecule has 1 aliphatic rings. The van der Waals surface area contributed by atoms with E-state index in [9.17, 15) is 4.79 Å². The number of carbonyl (C=O) groups is 1. The molecule has 1 rings (SSSR count). The molecule has 6 nitrogen and oxygen atoms in total. The largest absolute Gasteiger partial charge is 0.409 e. The Hall–Kier alpha value is -1.30. The molecule has 0 saturated carbocycles. The lowest BCUT2D eigenvalue weighted by atomic mass is 10.1. The molecule has 1 aliphatic heterocycles. The molecule has 0 aromatic carbocycles. The number of likely N-dealkylation sites (N-methyl/N-ethyl adjacent to an activating group) is 1. The van der Waals surface area contributed by atoms with Crippen molar-refractivity contribution in [2.45, 2.75) is 26.3 Å². The van der Waals surface area contributed by atoms with E-state index < -0.39 is 5.92 Å². The summed E-state index contributed by atoms with van der Waals surface area (Å²) in [6.45, 7) is 6.07. The molecule has 0 aromatic heterocycles. The first-order valence-corrected chi connectivity index (χ1v) is 5.97. The highest BCUT2D eigenvalue weighted by molar-refractivity contribution is 6.01. The first-order chi connectivity index (χ1) is 8.01. The van der Waals surface area contributed by atoms with Crippen LogP contribution in [0.4, 0.5) is 0 Å². The van der Waals surface area contributed by atoms with Gasteiger partial charge in [0.05, 0.1) is 5.92 Å². The van der Waals surface area contributed by atoms with Crippen molar-refractivity contribution in [3.05, 3.63) is 0 Å². The topological polar surface area (TPSA) is 82.2 Å². The Labute approximate surface area is 102 Å². The maximum Gasteiger partial charge on any atom is 0.233 e. The zero-order valence-corrected chi connectivity index (χ0v) is 10.8. The van der Waals surface area contributed by atoms with E-state index in [0.29, 0.717) is 12.6 Å². The third-order valence-corrected chi connectivity index (χ3v) is 3.49. The maximum atomic E-state index is 12.1. The summed E-state index contributed by atoms with van der Waals surface area (Å²) < 4.78 is 0. The second-order valence-electron chi connectivity index (χ2n) is 4.57. The highest BCUT2D eigenvalue weighted by atomic mass is 16.4. The number of nitrogens with zero attached hydrogens (tertiary/aromatic N) is 3. The lowest BCUT2D eigenvalue weighted by molar-refractivity contribution is -0.135. The highest BCUT2D eigenvalue weighted by Crippen LogP contribution is 2.13. The number of oxime groups is 1. The molecule has 1 fully saturated rings. The summed E-state index contributed by atoms with van der Waals surface area (Å²) >= 11 is 0. The van der Waals surface area contributed by atoms with E-state index in [0.717, 1.165) is 19.5 Å². The fraction of sp³-hybridized carbons (Fsp3) is 0.818. The highest BCUT2D eigenvalue weighted by Gasteiger charge is 2.30. The number of hydrogen-bond donors (Lipinski definition) is 2. The van der Waals surface area contributed by atoms with E-state index in [1.165, 1.54) is 0 Å². The molecule has 0 aliphatic carbocycles. The second kappa shape index (κ2) is 5.86. The van der Waals surface area contributed by atoms with Gasteiger partial charge in [-0.05, 0) is 20.4 Å². The van der Waals surface area contributed by atoms with Crippen molar-refractivity contribution in [3.63, 3.8) is 0 Å². The normalized spacial score (nSPS) is 24.8. The van der Waals surface area contributed by atoms with Crippen LogP contribution < -0.4 is 5.73 Å². The number of amidine groups is 1. The van der Waals surface area contributed by atoms with Gasteiger partial charge in [-0.3, -0.25) is 9.69 Å². The summed E-state index contributed by atoms with van der Waals surface area (Å²) in [5.41, 5.74) is 5.46. The van der Waals surface area contributed by atoms with E-state index in [4.69, 9.17) is 10.9 Å².